The van der Waals surface area contributed by atoms with Crippen molar-refractivity contribution in [2.45, 2.75) is 44.3 Å². The highest BCUT2D eigenvalue weighted by Gasteiger charge is 2.55. The molecule has 2 aromatic carbocycles. The molecule has 1 amide bonds. The Labute approximate surface area is 215 Å². The number of benzene rings is 2. The summed E-state index contributed by atoms with van der Waals surface area (Å²) in [5, 5.41) is 21.0. The number of carbonyl (C=O) groups excluding carboxylic acids is 1. The number of nitro groups is 1. The number of ether oxygens (including phenoxy) is 1. The number of nitro benzene ring substituents is 1. The van der Waals surface area contributed by atoms with Crippen molar-refractivity contribution >= 4 is 23.2 Å². The molecule has 1 aliphatic heterocycles. The van der Waals surface area contributed by atoms with Gasteiger partial charge in [0.15, 0.2) is 5.72 Å². The van der Waals surface area contributed by atoms with E-state index in [1.54, 1.807) is 17.0 Å². The van der Waals surface area contributed by atoms with Gasteiger partial charge in [0.2, 0.25) is 0 Å². The minimum atomic E-state index is -1.22. The molecule has 3 atom stereocenters. The zero-order chi connectivity index (χ0) is 25.7. The molecule has 1 N–H and O–H groups in total. The van der Waals surface area contributed by atoms with Gasteiger partial charge in [-0.3, -0.25) is 19.8 Å². The number of aliphatic hydroxyl groups excluding tert-OH is 1. The number of hydrogen-bond acceptors (Lipinski definition) is 5. The number of nitrogens with zero attached hydrogens (tertiary/aromatic N) is 2. The number of carbonyl (C=O) groups is 1. The SMILES string of the molecule is Cc1ccc2c(c1)C(OCC1(CO)CC1)(C1=CC(C)C(Cl)C=C1)N(Cc1ccc([N+](=O)[O-])cc1)C2=O. The van der Waals surface area contributed by atoms with Gasteiger partial charge >= 0.3 is 0 Å². The lowest BCUT2D eigenvalue weighted by Crippen LogP contribution is -2.48. The van der Waals surface area contributed by atoms with E-state index in [0.717, 1.165) is 35.1 Å². The van der Waals surface area contributed by atoms with Crippen molar-refractivity contribution in [1.82, 2.24) is 4.90 Å². The maximum absolute atomic E-state index is 13.9. The predicted octanol–water partition coefficient (Wildman–Crippen LogP) is 5.24. The van der Waals surface area contributed by atoms with E-state index in [9.17, 15) is 20.0 Å². The summed E-state index contributed by atoms with van der Waals surface area (Å²) >= 11 is 6.49. The van der Waals surface area contributed by atoms with Gasteiger partial charge in [-0.15, -0.1) is 11.6 Å². The number of hydrogen-bond donors (Lipinski definition) is 1. The Kier molecular flexibility index (Phi) is 6.27. The summed E-state index contributed by atoms with van der Waals surface area (Å²) in [6, 6.07) is 12.0. The Morgan fingerprint density at radius 1 is 1.22 bits per heavy atom. The summed E-state index contributed by atoms with van der Waals surface area (Å²) in [6.07, 6.45) is 7.65. The molecule has 0 spiro atoms. The molecule has 3 unspecified atom stereocenters. The maximum atomic E-state index is 13.9. The van der Waals surface area contributed by atoms with Gasteiger partial charge in [0, 0.05) is 40.8 Å². The normalized spacial score (nSPS) is 26.1. The standard InChI is InChI=1S/C28H29ClN2O5/c1-18-3-9-23-24(13-18)28(36-17-27(16-32)11-12-27,21-6-10-25(29)19(2)14-21)30(26(23)33)15-20-4-7-22(8-5-20)31(34)35/h3-10,13-14,19,25,32H,11-12,15-17H2,1-2H3. The van der Waals surface area contributed by atoms with Gasteiger partial charge in [-0.2, -0.15) is 0 Å². The van der Waals surface area contributed by atoms with Gasteiger partial charge in [0.05, 0.1) is 23.5 Å². The lowest BCUT2D eigenvalue weighted by molar-refractivity contribution is -0.384. The van der Waals surface area contributed by atoms with Crippen LogP contribution in [0.3, 0.4) is 0 Å². The number of aliphatic hydroxyl groups is 1. The van der Waals surface area contributed by atoms with Crippen LogP contribution in [0.25, 0.3) is 0 Å². The van der Waals surface area contributed by atoms with Crippen molar-refractivity contribution in [3.05, 3.63) is 98.6 Å². The molecule has 1 heterocycles. The molecule has 2 aliphatic carbocycles. The van der Waals surface area contributed by atoms with Crippen LogP contribution in [-0.4, -0.2) is 39.4 Å². The minimum Gasteiger partial charge on any atom is -0.396 e. The van der Waals surface area contributed by atoms with E-state index in [1.807, 2.05) is 44.2 Å². The lowest BCUT2D eigenvalue weighted by atomic mass is 9.86. The maximum Gasteiger partial charge on any atom is 0.269 e. The summed E-state index contributed by atoms with van der Waals surface area (Å²) in [5.74, 6) is -0.155. The van der Waals surface area contributed by atoms with Gasteiger partial charge in [0.1, 0.15) is 0 Å². The molecule has 0 radical (unpaired) electrons. The first-order valence-electron chi connectivity index (χ1n) is 12.1. The number of fused-ring (bicyclic) bond motifs is 1. The van der Waals surface area contributed by atoms with Crippen molar-refractivity contribution in [2.75, 3.05) is 13.2 Å². The van der Waals surface area contributed by atoms with E-state index in [2.05, 4.69) is 6.08 Å². The molecule has 0 saturated heterocycles. The number of halogens is 1. The third-order valence-electron chi connectivity index (χ3n) is 7.56. The van der Waals surface area contributed by atoms with Crippen LogP contribution in [0.4, 0.5) is 5.69 Å². The topological polar surface area (TPSA) is 92.9 Å². The Morgan fingerprint density at radius 3 is 2.56 bits per heavy atom. The smallest absolute Gasteiger partial charge is 0.269 e. The van der Waals surface area contributed by atoms with Gasteiger partial charge in [-0.1, -0.05) is 55.0 Å². The number of allylic oxidation sites excluding steroid dienone is 2. The highest BCUT2D eigenvalue weighted by Crippen LogP contribution is 2.52. The number of non-ortho nitro benzene ring substituents is 1. The van der Waals surface area contributed by atoms with Crippen LogP contribution < -0.4 is 0 Å². The second-order valence-electron chi connectivity index (χ2n) is 10.2. The van der Waals surface area contributed by atoms with Gasteiger partial charge in [-0.25, -0.2) is 0 Å². The van der Waals surface area contributed by atoms with E-state index in [-0.39, 0.29) is 41.5 Å². The largest absolute Gasteiger partial charge is 0.396 e. The second-order valence-corrected chi connectivity index (χ2v) is 10.7. The fourth-order valence-corrected chi connectivity index (χ4v) is 5.15. The number of aryl methyl sites for hydroxylation is 1. The lowest BCUT2D eigenvalue weighted by Gasteiger charge is -2.42. The predicted molar refractivity (Wildman–Crippen MR) is 137 cm³/mol. The molecule has 0 aromatic heterocycles. The van der Waals surface area contributed by atoms with Crippen LogP contribution in [0.5, 0.6) is 0 Å². The zero-order valence-corrected chi connectivity index (χ0v) is 21.1. The van der Waals surface area contributed by atoms with Crippen LogP contribution >= 0.6 is 11.6 Å². The monoisotopic (exact) mass is 508 g/mol. The zero-order valence-electron chi connectivity index (χ0n) is 20.3. The van der Waals surface area contributed by atoms with Gasteiger partial charge in [-0.05, 0) is 37.3 Å². The van der Waals surface area contributed by atoms with E-state index < -0.39 is 10.6 Å². The van der Waals surface area contributed by atoms with Crippen molar-refractivity contribution in [1.29, 1.82) is 0 Å². The van der Waals surface area contributed by atoms with Crippen molar-refractivity contribution < 1.29 is 19.6 Å². The van der Waals surface area contributed by atoms with E-state index >= 15 is 0 Å². The second kappa shape index (κ2) is 9.14. The molecular weight excluding hydrogens is 480 g/mol. The average Bonchev–Trinajstić information content (AvgIpc) is 3.62. The van der Waals surface area contributed by atoms with Crippen molar-refractivity contribution in [3.63, 3.8) is 0 Å². The van der Waals surface area contributed by atoms with E-state index in [1.165, 1.54) is 12.1 Å². The molecule has 36 heavy (non-hydrogen) atoms. The number of rotatable bonds is 8. The first-order chi connectivity index (χ1) is 17.2. The van der Waals surface area contributed by atoms with E-state index in [4.69, 9.17) is 16.3 Å². The van der Waals surface area contributed by atoms with Crippen molar-refractivity contribution in [2.24, 2.45) is 11.3 Å². The van der Waals surface area contributed by atoms with Crippen LogP contribution in [-0.2, 0) is 17.0 Å². The summed E-state index contributed by atoms with van der Waals surface area (Å²) in [5.41, 5.74) is 2.36. The molecule has 7 nitrogen and oxygen atoms in total. The van der Waals surface area contributed by atoms with Gasteiger partial charge in [0.25, 0.3) is 11.6 Å². The highest BCUT2D eigenvalue weighted by atomic mass is 35.5. The van der Waals surface area contributed by atoms with E-state index in [0.29, 0.717) is 12.2 Å². The van der Waals surface area contributed by atoms with Crippen LogP contribution in [0.1, 0.15) is 46.8 Å². The Hall–Kier alpha value is -3.00. The number of alkyl halides is 1. The molecule has 3 aliphatic rings. The molecule has 0 bridgehead atoms. The third kappa shape index (κ3) is 4.15. The number of amides is 1. The summed E-state index contributed by atoms with van der Waals surface area (Å²) < 4.78 is 6.80. The molecule has 1 fully saturated rings. The fraction of sp³-hybridized carbons (Fsp3) is 0.393. The Bertz CT molecular complexity index is 1270. The molecular formula is C28H29ClN2O5. The van der Waals surface area contributed by atoms with Crippen LogP contribution in [0, 0.1) is 28.4 Å². The third-order valence-corrected chi connectivity index (χ3v) is 8.10. The first kappa shape index (κ1) is 24.7. The summed E-state index contributed by atoms with van der Waals surface area (Å²) in [7, 11) is 0. The minimum absolute atomic E-state index is 0.00792. The highest BCUT2D eigenvalue weighted by molar-refractivity contribution is 6.22. The first-order valence-corrected chi connectivity index (χ1v) is 12.6. The van der Waals surface area contributed by atoms with Crippen LogP contribution in [0.2, 0.25) is 0 Å². The van der Waals surface area contributed by atoms with Gasteiger partial charge < -0.3 is 9.84 Å². The molecule has 8 heteroatoms. The molecule has 5 rings (SSSR count). The molecule has 1 saturated carbocycles. The molecule has 188 valence electrons. The summed E-state index contributed by atoms with van der Waals surface area (Å²) in [6.45, 7) is 4.52. The quantitative estimate of drug-likeness (QED) is 0.299. The fourth-order valence-electron chi connectivity index (χ4n) is 5.01. The Morgan fingerprint density at radius 2 is 1.94 bits per heavy atom. The average molecular weight is 509 g/mol. The van der Waals surface area contributed by atoms with Crippen molar-refractivity contribution in [3.8, 4) is 0 Å². The van der Waals surface area contributed by atoms with Crippen LogP contribution in [0.15, 0.2) is 66.3 Å². The Balaban J connectivity index is 1.65. The summed E-state index contributed by atoms with van der Waals surface area (Å²) in [4.78, 5) is 26.3. The molecule has 2 aromatic rings.